The quantitative estimate of drug-likeness (QED) is 0.516. The van der Waals surface area contributed by atoms with Crippen LogP contribution in [-0.4, -0.2) is 43.5 Å². The molecule has 1 aliphatic heterocycles. The molecule has 0 bridgehead atoms. The molecule has 1 aliphatic rings. The third-order valence-corrected chi connectivity index (χ3v) is 5.85. The van der Waals surface area contributed by atoms with Gasteiger partial charge in [-0.2, -0.15) is 0 Å². The van der Waals surface area contributed by atoms with E-state index in [-0.39, 0.29) is 24.0 Å². The average Bonchev–Trinajstić information content (AvgIpc) is 3.45. The highest BCUT2D eigenvalue weighted by atomic mass is 16.2. The summed E-state index contributed by atoms with van der Waals surface area (Å²) in [6.45, 7) is 0.842. The fourth-order valence-electron chi connectivity index (χ4n) is 4.25. The fourth-order valence-corrected chi connectivity index (χ4v) is 4.25. The van der Waals surface area contributed by atoms with E-state index in [1.807, 2.05) is 42.5 Å². The van der Waals surface area contributed by atoms with E-state index in [1.54, 1.807) is 41.4 Å². The molecule has 3 heterocycles. The van der Waals surface area contributed by atoms with Crippen molar-refractivity contribution in [3.63, 3.8) is 0 Å². The number of amides is 2. The maximum Gasteiger partial charge on any atom is 0.350 e. The highest BCUT2D eigenvalue weighted by Crippen LogP contribution is 2.22. The Hall–Kier alpha value is -4.20. The summed E-state index contributed by atoms with van der Waals surface area (Å²) in [5.74, 6) is -0.341. The minimum absolute atomic E-state index is 0.131. The number of rotatable bonds is 5. The van der Waals surface area contributed by atoms with Gasteiger partial charge in [-0.05, 0) is 54.8 Å². The van der Waals surface area contributed by atoms with Crippen LogP contribution >= 0.6 is 0 Å². The van der Waals surface area contributed by atoms with Gasteiger partial charge in [-0.25, -0.2) is 9.48 Å². The second-order valence-electron chi connectivity index (χ2n) is 8.08. The van der Waals surface area contributed by atoms with Crippen molar-refractivity contribution in [3.05, 3.63) is 101 Å². The van der Waals surface area contributed by atoms with Crippen LogP contribution in [0.25, 0.3) is 5.65 Å². The normalized spacial score (nSPS) is 15.6. The zero-order valence-corrected chi connectivity index (χ0v) is 17.9. The van der Waals surface area contributed by atoms with Gasteiger partial charge >= 0.3 is 5.69 Å². The molecule has 33 heavy (non-hydrogen) atoms. The number of fused-ring (bicyclic) bond motifs is 1. The molecular weight excluding hydrogens is 418 g/mol. The predicted molar refractivity (Wildman–Crippen MR) is 124 cm³/mol. The Morgan fingerprint density at radius 3 is 2.64 bits per heavy atom. The number of anilines is 1. The van der Waals surface area contributed by atoms with Crippen LogP contribution in [-0.2, 0) is 11.3 Å². The number of hydrogen-bond acceptors (Lipinski definition) is 4. The van der Waals surface area contributed by atoms with Crippen LogP contribution in [0.3, 0.4) is 0 Å². The lowest BCUT2D eigenvalue weighted by Crippen LogP contribution is -2.43. The summed E-state index contributed by atoms with van der Waals surface area (Å²) in [6.07, 6.45) is 3.09. The number of likely N-dealkylation sites (tertiary alicyclic amines) is 1. The number of hydrogen-bond donors (Lipinski definition) is 1. The zero-order chi connectivity index (χ0) is 22.8. The van der Waals surface area contributed by atoms with Gasteiger partial charge in [-0.3, -0.25) is 14.0 Å². The van der Waals surface area contributed by atoms with Crippen molar-refractivity contribution in [2.45, 2.75) is 25.4 Å². The minimum atomic E-state index is -0.512. The Labute approximate surface area is 190 Å². The predicted octanol–water partition coefficient (Wildman–Crippen LogP) is 2.79. The van der Waals surface area contributed by atoms with Crippen LogP contribution in [0.15, 0.2) is 83.8 Å². The zero-order valence-electron chi connectivity index (χ0n) is 17.9. The van der Waals surface area contributed by atoms with Gasteiger partial charge < -0.3 is 10.2 Å². The van der Waals surface area contributed by atoms with Crippen molar-refractivity contribution in [3.8, 4) is 0 Å². The van der Waals surface area contributed by atoms with E-state index >= 15 is 0 Å². The topological polar surface area (TPSA) is 88.7 Å². The SMILES string of the molecule is O=C(Nc1cccc(Cn2nc3ccccn3c2=O)c1)C1CCCN1C(=O)c1ccccc1. The maximum atomic E-state index is 13.0. The first kappa shape index (κ1) is 20.7. The summed E-state index contributed by atoms with van der Waals surface area (Å²) >= 11 is 0. The molecule has 0 spiro atoms. The van der Waals surface area contributed by atoms with Gasteiger partial charge in [-0.15, -0.1) is 5.10 Å². The third kappa shape index (κ3) is 4.15. The van der Waals surface area contributed by atoms with Crippen molar-refractivity contribution in [1.82, 2.24) is 19.1 Å². The Morgan fingerprint density at radius 1 is 1.00 bits per heavy atom. The lowest BCUT2D eigenvalue weighted by molar-refractivity contribution is -0.119. The number of aromatic nitrogens is 3. The molecule has 4 aromatic rings. The fraction of sp³-hybridized carbons (Fsp3) is 0.200. The van der Waals surface area contributed by atoms with E-state index in [4.69, 9.17) is 0 Å². The second kappa shape index (κ2) is 8.74. The van der Waals surface area contributed by atoms with Crippen LogP contribution in [0.2, 0.25) is 0 Å². The molecule has 1 N–H and O–H groups in total. The molecule has 8 heteroatoms. The van der Waals surface area contributed by atoms with Gasteiger partial charge in [0, 0.05) is 24.0 Å². The van der Waals surface area contributed by atoms with Crippen LogP contribution in [0, 0.1) is 0 Å². The molecule has 1 atom stereocenters. The van der Waals surface area contributed by atoms with Crippen LogP contribution in [0.4, 0.5) is 5.69 Å². The lowest BCUT2D eigenvalue weighted by atomic mass is 10.1. The van der Waals surface area contributed by atoms with Gasteiger partial charge in [0.1, 0.15) is 6.04 Å². The van der Waals surface area contributed by atoms with Crippen molar-refractivity contribution in [2.75, 3.05) is 11.9 Å². The largest absolute Gasteiger partial charge is 0.350 e. The molecule has 2 amide bonds. The number of nitrogens with zero attached hydrogens (tertiary/aromatic N) is 4. The Kier molecular flexibility index (Phi) is 5.48. The molecule has 0 saturated carbocycles. The Balaban J connectivity index is 1.31. The molecule has 0 aliphatic carbocycles. The first-order valence-corrected chi connectivity index (χ1v) is 10.9. The minimum Gasteiger partial charge on any atom is -0.327 e. The average molecular weight is 441 g/mol. The summed E-state index contributed by atoms with van der Waals surface area (Å²) in [7, 11) is 0. The summed E-state index contributed by atoms with van der Waals surface area (Å²) < 4.78 is 2.89. The molecule has 1 saturated heterocycles. The van der Waals surface area contributed by atoms with Crippen LogP contribution in [0.5, 0.6) is 0 Å². The van der Waals surface area contributed by atoms with E-state index in [0.717, 1.165) is 12.0 Å². The van der Waals surface area contributed by atoms with Gasteiger partial charge in [0.05, 0.1) is 6.54 Å². The van der Waals surface area contributed by atoms with Crippen molar-refractivity contribution in [2.24, 2.45) is 0 Å². The van der Waals surface area contributed by atoms with E-state index in [1.165, 1.54) is 9.08 Å². The standard InChI is InChI=1S/C25H23N5O3/c31-23(21-12-7-15-28(21)24(32)19-9-2-1-3-10-19)26-20-11-6-8-18(16-20)17-30-25(33)29-14-5-4-13-22(29)27-30/h1-6,8-11,13-14,16,21H,7,12,15,17H2,(H,26,31). The molecule has 2 aromatic carbocycles. The molecule has 166 valence electrons. The molecule has 5 rings (SSSR count). The first-order valence-electron chi connectivity index (χ1n) is 10.9. The number of carbonyl (C=O) groups excluding carboxylic acids is 2. The van der Waals surface area contributed by atoms with E-state index in [9.17, 15) is 14.4 Å². The van der Waals surface area contributed by atoms with Crippen molar-refractivity contribution in [1.29, 1.82) is 0 Å². The highest BCUT2D eigenvalue weighted by molar-refractivity contribution is 6.01. The number of pyridine rings is 1. The van der Waals surface area contributed by atoms with Crippen molar-refractivity contribution >= 4 is 23.1 Å². The van der Waals surface area contributed by atoms with E-state index < -0.39 is 6.04 Å². The van der Waals surface area contributed by atoms with Crippen LogP contribution in [0.1, 0.15) is 28.8 Å². The highest BCUT2D eigenvalue weighted by Gasteiger charge is 2.34. The maximum absolute atomic E-state index is 13.0. The van der Waals surface area contributed by atoms with Gasteiger partial charge in [-0.1, -0.05) is 36.4 Å². The summed E-state index contributed by atoms with van der Waals surface area (Å²) in [6, 6.07) is 21.2. The lowest BCUT2D eigenvalue weighted by Gasteiger charge is -2.24. The van der Waals surface area contributed by atoms with E-state index in [2.05, 4.69) is 10.4 Å². The number of benzene rings is 2. The van der Waals surface area contributed by atoms with Gasteiger partial charge in [0.25, 0.3) is 5.91 Å². The second-order valence-corrected chi connectivity index (χ2v) is 8.08. The number of carbonyl (C=O) groups is 2. The molecular formula is C25H23N5O3. The van der Waals surface area contributed by atoms with E-state index in [0.29, 0.717) is 29.9 Å². The smallest absolute Gasteiger partial charge is 0.327 e. The Morgan fingerprint density at radius 2 is 1.82 bits per heavy atom. The summed E-state index contributed by atoms with van der Waals surface area (Å²) in [4.78, 5) is 40.1. The Bertz CT molecular complexity index is 1380. The van der Waals surface area contributed by atoms with Crippen LogP contribution < -0.4 is 11.0 Å². The monoisotopic (exact) mass is 441 g/mol. The van der Waals surface area contributed by atoms with Gasteiger partial charge in [0.15, 0.2) is 5.65 Å². The summed E-state index contributed by atoms with van der Waals surface area (Å²) in [5, 5.41) is 7.30. The number of nitrogens with one attached hydrogen (secondary N) is 1. The molecule has 1 unspecified atom stereocenters. The first-order chi connectivity index (χ1) is 16.1. The molecule has 8 nitrogen and oxygen atoms in total. The molecule has 1 fully saturated rings. The van der Waals surface area contributed by atoms with Gasteiger partial charge in [0.2, 0.25) is 5.91 Å². The van der Waals surface area contributed by atoms with Crippen molar-refractivity contribution < 1.29 is 9.59 Å². The molecule has 2 aromatic heterocycles. The third-order valence-electron chi connectivity index (χ3n) is 5.85. The summed E-state index contributed by atoms with van der Waals surface area (Å²) in [5.41, 5.74) is 2.39. The molecule has 0 radical (unpaired) electrons.